The first-order valence-electron chi connectivity index (χ1n) is 10.9. The molecule has 0 heterocycles. The van der Waals surface area contributed by atoms with Crippen LogP contribution < -0.4 is 10.6 Å². The number of carbonyl (C=O) groups is 3. The van der Waals surface area contributed by atoms with Crippen molar-refractivity contribution in [3.63, 3.8) is 0 Å². The third-order valence-electron chi connectivity index (χ3n) is 5.82. The normalized spacial score (nSPS) is 14.2. The van der Waals surface area contributed by atoms with E-state index in [0.717, 1.165) is 22.3 Å². The number of carboxylic acid groups (broad SMARTS) is 1. The van der Waals surface area contributed by atoms with Crippen molar-refractivity contribution in [1.29, 1.82) is 0 Å². The number of nitrogens with one attached hydrogen (secondary N) is 2. The molecule has 0 aromatic heterocycles. The van der Waals surface area contributed by atoms with E-state index < -0.39 is 30.1 Å². The van der Waals surface area contributed by atoms with Crippen molar-refractivity contribution >= 4 is 18.0 Å². The third kappa shape index (κ3) is 5.90. The molecule has 3 rings (SSSR count). The van der Waals surface area contributed by atoms with Gasteiger partial charge < -0.3 is 25.2 Å². The highest BCUT2D eigenvalue weighted by atomic mass is 16.5. The summed E-state index contributed by atoms with van der Waals surface area (Å²) in [4.78, 5) is 36.1. The van der Waals surface area contributed by atoms with Crippen molar-refractivity contribution in [2.45, 2.75) is 38.3 Å². The van der Waals surface area contributed by atoms with Crippen molar-refractivity contribution in [3.8, 4) is 11.1 Å². The van der Waals surface area contributed by atoms with Gasteiger partial charge in [-0.05, 0) is 28.2 Å². The van der Waals surface area contributed by atoms with E-state index >= 15 is 0 Å². The molecule has 1 aliphatic carbocycles. The number of methoxy groups -OCH3 is 1. The van der Waals surface area contributed by atoms with E-state index in [1.165, 1.54) is 7.11 Å². The summed E-state index contributed by atoms with van der Waals surface area (Å²) >= 11 is 0. The van der Waals surface area contributed by atoms with Crippen molar-refractivity contribution in [2.75, 3.05) is 20.3 Å². The molecule has 0 saturated carbocycles. The second-order valence-electron chi connectivity index (χ2n) is 8.44. The molecule has 33 heavy (non-hydrogen) atoms. The van der Waals surface area contributed by atoms with E-state index in [0.29, 0.717) is 0 Å². The number of hydrogen-bond acceptors (Lipinski definition) is 5. The maximum atomic E-state index is 12.6. The van der Waals surface area contributed by atoms with Crippen LogP contribution in [0.5, 0.6) is 0 Å². The van der Waals surface area contributed by atoms with Crippen LogP contribution in [-0.4, -0.2) is 55.5 Å². The molecule has 8 heteroatoms. The average molecular weight is 455 g/mol. The minimum atomic E-state index is -1.18. The SMILES string of the molecule is COC[C@H](NC(=O)C[C@@H](NC(=O)OCC1c2ccccc2-c2ccccc21)C(C)C)C(=O)O. The molecular weight excluding hydrogens is 424 g/mol. The second-order valence-corrected chi connectivity index (χ2v) is 8.44. The second kappa shape index (κ2) is 11.0. The third-order valence-corrected chi connectivity index (χ3v) is 5.82. The van der Waals surface area contributed by atoms with Crippen LogP contribution in [0.15, 0.2) is 48.5 Å². The first-order valence-corrected chi connectivity index (χ1v) is 10.9. The molecule has 176 valence electrons. The Morgan fingerprint density at radius 2 is 1.55 bits per heavy atom. The van der Waals surface area contributed by atoms with Crippen molar-refractivity contribution in [3.05, 3.63) is 59.7 Å². The Morgan fingerprint density at radius 3 is 2.06 bits per heavy atom. The fourth-order valence-electron chi connectivity index (χ4n) is 4.04. The summed E-state index contributed by atoms with van der Waals surface area (Å²) in [5, 5.41) is 14.3. The number of carbonyl (C=O) groups excluding carboxylic acids is 2. The number of aliphatic carboxylic acids is 1. The fraction of sp³-hybridized carbons (Fsp3) is 0.400. The van der Waals surface area contributed by atoms with Crippen LogP contribution in [0.25, 0.3) is 11.1 Å². The summed E-state index contributed by atoms with van der Waals surface area (Å²) in [6, 6.07) is 14.5. The summed E-state index contributed by atoms with van der Waals surface area (Å²) in [5.74, 6) is -1.80. The Bertz CT molecular complexity index is 960. The smallest absolute Gasteiger partial charge is 0.407 e. The number of alkyl carbamates (subject to hydrolysis) is 1. The monoisotopic (exact) mass is 454 g/mol. The molecule has 0 bridgehead atoms. The predicted octanol–water partition coefficient (Wildman–Crippen LogP) is 3.16. The average Bonchev–Trinajstić information content (AvgIpc) is 3.10. The van der Waals surface area contributed by atoms with Crippen LogP contribution in [0.1, 0.15) is 37.3 Å². The van der Waals surface area contributed by atoms with E-state index in [-0.39, 0.29) is 31.5 Å². The Kier molecular flexibility index (Phi) is 8.06. The number of carboxylic acids is 1. The summed E-state index contributed by atoms with van der Waals surface area (Å²) in [7, 11) is 1.36. The summed E-state index contributed by atoms with van der Waals surface area (Å²) in [5.41, 5.74) is 4.51. The molecule has 1 aliphatic rings. The van der Waals surface area contributed by atoms with Gasteiger partial charge in [0, 0.05) is 25.5 Å². The number of ether oxygens (including phenoxy) is 2. The molecule has 2 atom stereocenters. The molecule has 3 N–H and O–H groups in total. The molecule has 0 fully saturated rings. The zero-order valence-corrected chi connectivity index (χ0v) is 19.0. The van der Waals surface area contributed by atoms with Crippen LogP contribution in [0, 0.1) is 5.92 Å². The Hall–Kier alpha value is -3.39. The maximum Gasteiger partial charge on any atom is 0.407 e. The lowest BCUT2D eigenvalue weighted by atomic mass is 9.98. The molecule has 8 nitrogen and oxygen atoms in total. The van der Waals surface area contributed by atoms with Crippen LogP contribution >= 0.6 is 0 Å². The molecule has 0 aliphatic heterocycles. The van der Waals surface area contributed by atoms with Gasteiger partial charge in [0.2, 0.25) is 5.91 Å². The van der Waals surface area contributed by atoms with E-state index in [1.54, 1.807) is 0 Å². The van der Waals surface area contributed by atoms with Crippen LogP contribution in [0.3, 0.4) is 0 Å². The van der Waals surface area contributed by atoms with Crippen molar-refractivity contribution in [2.24, 2.45) is 5.92 Å². The van der Waals surface area contributed by atoms with Gasteiger partial charge in [0.1, 0.15) is 6.61 Å². The first kappa shape index (κ1) is 24.3. The molecule has 0 saturated heterocycles. The van der Waals surface area contributed by atoms with Gasteiger partial charge in [0.05, 0.1) is 6.61 Å². The molecular formula is C25H30N2O6. The lowest BCUT2D eigenvalue weighted by molar-refractivity contribution is -0.143. The number of hydrogen-bond donors (Lipinski definition) is 3. The zero-order valence-electron chi connectivity index (χ0n) is 19.0. The Balaban J connectivity index is 1.60. The van der Waals surface area contributed by atoms with Gasteiger partial charge in [0.25, 0.3) is 0 Å². The minimum absolute atomic E-state index is 0.0608. The molecule has 2 aromatic rings. The predicted molar refractivity (Wildman–Crippen MR) is 123 cm³/mol. The molecule has 0 radical (unpaired) electrons. The van der Waals surface area contributed by atoms with Gasteiger partial charge in [-0.2, -0.15) is 0 Å². The van der Waals surface area contributed by atoms with E-state index in [4.69, 9.17) is 9.47 Å². The highest BCUT2D eigenvalue weighted by Crippen LogP contribution is 2.44. The standard InChI is InChI=1S/C25H30N2O6/c1-15(2)21(12-23(28)26-22(14-32-3)24(29)30)27-25(31)33-13-20-18-10-6-4-8-16(18)17-9-5-7-11-19(17)20/h4-11,15,20-22H,12-14H2,1-3H3,(H,26,28)(H,27,31)(H,29,30)/t21-,22+/m1/s1. The van der Waals surface area contributed by atoms with Crippen molar-refractivity contribution < 1.29 is 29.0 Å². The maximum absolute atomic E-state index is 12.6. The number of fused-ring (bicyclic) bond motifs is 3. The van der Waals surface area contributed by atoms with E-state index in [1.807, 2.05) is 50.2 Å². The molecule has 0 spiro atoms. The van der Waals surface area contributed by atoms with Crippen LogP contribution in [0.2, 0.25) is 0 Å². The first-order chi connectivity index (χ1) is 15.8. The topological polar surface area (TPSA) is 114 Å². The number of benzene rings is 2. The fourth-order valence-corrected chi connectivity index (χ4v) is 4.04. The van der Waals surface area contributed by atoms with Gasteiger partial charge in [-0.15, -0.1) is 0 Å². The lowest BCUT2D eigenvalue weighted by Crippen LogP contribution is -2.48. The minimum Gasteiger partial charge on any atom is -0.480 e. The van der Waals surface area contributed by atoms with Gasteiger partial charge in [0.15, 0.2) is 6.04 Å². The number of amides is 2. The van der Waals surface area contributed by atoms with Gasteiger partial charge >= 0.3 is 12.1 Å². The van der Waals surface area contributed by atoms with Crippen LogP contribution in [-0.2, 0) is 19.1 Å². The zero-order chi connectivity index (χ0) is 24.0. The van der Waals surface area contributed by atoms with Crippen LogP contribution in [0.4, 0.5) is 4.79 Å². The lowest BCUT2D eigenvalue weighted by Gasteiger charge is -2.23. The van der Waals surface area contributed by atoms with Gasteiger partial charge in [-0.1, -0.05) is 62.4 Å². The highest BCUT2D eigenvalue weighted by molar-refractivity contribution is 5.84. The molecule has 2 aromatic carbocycles. The van der Waals surface area contributed by atoms with Gasteiger partial charge in [-0.25, -0.2) is 9.59 Å². The van der Waals surface area contributed by atoms with Gasteiger partial charge in [-0.3, -0.25) is 4.79 Å². The Morgan fingerprint density at radius 1 is 0.970 bits per heavy atom. The summed E-state index contributed by atoms with van der Waals surface area (Å²) in [6.07, 6.45) is -0.690. The van der Waals surface area contributed by atoms with E-state index in [9.17, 15) is 19.5 Å². The Labute approximate surface area is 193 Å². The summed E-state index contributed by atoms with van der Waals surface area (Å²) < 4.78 is 10.4. The molecule has 0 unspecified atom stereocenters. The molecule has 2 amide bonds. The van der Waals surface area contributed by atoms with Crippen molar-refractivity contribution in [1.82, 2.24) is 10.6 Å². The summed E-state index contributed by atoms with van der Waals surface area (Å²) in [6.45, 7) is 3.76. The quantitative estimate of drug-likeness (QED) is 0.508. The number of rotatable bonds is 10. The largest absolute Gasteiger partial charge is 0.480 e. The highest BCUT2D eigenvalue weighted by Gasteiger charge is 2.30. The van der Waals surface area contributed by atoms with E-state index in [2.05, 4.69) is 22.8 Å².